The van der Waals surface area contributed by atoms with Crippen molar-refractivity contribution in [3.63, 3.8) is 0 Å². The Labute approximate surface area is 126 Å². The Hall–Kier alpha value is -2.05. The quantitative estimate of drug-likeness (QED) is 0.646. The maximum atomic E-state index is 12.4. The van der Waals surface area contributed by atoms with Crippen molar-refractivity contribution < 1.29 is 0 Å². The minimum absolute atomic E-state index is 0.275. The van der Waals surface area contributed by atoms with Crippen LogP contribution >= 0.6 is 11.6 Å². The third-order valence-corrected chi connectivity index (χ3v) is 3.34. The van der Waals surface area contributed by atoms with E-state index in [1.165, 1.54) is 15.2 Å². The molecular weight excluding hydrogens is 292 g/mol. The van der Waals surface area contributed by atoms with Crippen LogP contribution in [0.15, 0.2) is 39.9 Å². The number of aromatic nitrogens is 2. The average molecular weight is 309 g/mol. The Morgan fingerprint density at radius 3 is 2.62 bits per heavy atom. The van der Waals surface area contributed by atoms with Crippen LogP contribution in [0, 0.1) is 0 Å². The van der Waals surface area contributed by atoms with Gasteiger partial charge in [-0.15, -0.1) is 0 Å². The SMILES string of the molecule is CCCn1c(=O)cc(NN)n(Cc2cccc(Cl)c2)c1=O. The van der Waals surface area contributed by atoms with Gasteiger partial charge in [-0.05, 0) is 24.1 Å². The standard InChI is InChI=1S/C14H17ClN4O2/c1-2-6-18-13(20)8-12(17-16)19(14(18)21)9-10-4-3-5-11(15)7-10/h3-5,7-8,17H,2,6,9,16H2,1H3. The average Bonchev–Trinajstić information content (AvgIpc) is 2.46. The van der Waals surface area contributed by atoms with Crippen molar-refractivity contribution in [2.24, 2.45) is 5.84 Å². The zero-order valence-electron chi connectivity index (χ0n) is 11.7. The Morgan fingerprint density at radius 2 is 2.00 bits per heavy atom. The first-order chi connectivity index (χ1) is 10.1. The van der Waals surface area contributed by atoms with E-state index >= 15 is 0 Å². The first-order valence-electron chi connectivity index (χ1n) is 6.62. The Kier molecular flexibility index (Phi) is 4.82. The molecule has 0 atom stereocenters. The van der Waals surface area contributed by atoms with Gasteiger partial charge in [-0.1, -0.05) is 30.7 Å². The Balaban J connectivity index is 2.53. The second-order valence-corrected chi connectivity index (χ2v) is 5.10. The number of benzene rings is 1. The lowest BCUT2D eigenvalue weighted by molar-refractivity contribution is 0.568. The molecule has 0 saturated heterocycles. The van der Waals surface area contributed by atoms with E-state index in [0.29, 0.717) is 18.0 Å². The lowest BCUT2D eigenvalue weighted by atomic mass is 10.2. The first kappa shape index (κ1) is 15.3. The highest BCUT2D eigenvalue weighted by Crippen LogP contribution is 2.12. The lowest BCUT2D eigenvalue weighted by Crippen LogP contribution is -2.41. The van der Waals surface area contributed by atoms with E-state index in [2.05, 4.69) is 5.43 Å². The van der Waals surface area contributed by atoms with Crippen LogP contribution in [0.4, 0.5) is 5.82 Å². The molecule has 0 fully saturated rings. The maximum Gasteiger partial charge on any atom is 0.332 e. The molecule has 0 aliphatic heterocycles. The summed E-state index contributed by atoms with van der Waals surface area (Å²) in [5.41, 5.74) is 2.49. The molecule has 0 bridgehead atoms. The number of anilines is 1. The van der Waals surface area contributed by atoms with Crippen molar-refractivity contribution in [2.75, 3.05) is 5.43 Å². The first-order valence-corrected chi connectivity index (χ1v) is 7.00. The topological polar surface area (TPSA) is 82.0 Å². The third kappa shape index (κ3) is 3.34. The Bertz CT molecular complexity index is 751. The number of hydrogen-bond donors (Lipinski definition) is 2. The fourth-order valence-corrected chi connectivity index (χ4v) is 2.35. The van der Waals surface area contributed by atoms with Crippen molar-refractivity contribution in [3.8, 4) is 0 Å². The number of rotatable bonds is 5. The number of hydrazine groups is 1. The van der Waals surface area contributed by atoms with Crippen LogP contribution in [0.1, 0.15) is 18.9 Å². The summed E-state index contributed by atoms with van der Waals surface area (Å²) in [6.07, 6.45) is 0.696. The second kappa shape index (κ2) is 6.60. The number of hydrogen-bond acceptors (Lipinski definition) is 4. The second-order valence-electron chi connectivity index (χ2n) is 4.66. The molecule has 7 heteroatoms. The van der Waals surface area contributed by atoms with E-state index in [-0.39, 0.29) is 17.9 Å². The number of nitrogens with zero attached hydrogens (tertiary/aromatic N) is 2. The molecule has 0 radical (unpaired) electrons. The molecule has 0 spiro atoms. The van der Waals surface area contributed by atoms with Gasteiger partial charge in [-0.25, -0.2) is 10.6 Å². The molecular formula is C14H17ClN4O2. The summed E-state index contributed by atoms with van der Waals surface area (Å²) in [6, 6.07) is 8.51. The van der Waals surface area contributed by atoms with Crippen molar-refractivity contribution in [1.82, 2.24) is 9.13 Å². The maximum absolute atomic E-state index is 12.4. The van der Waals surface area contributed by atoms with Crippen molar-refractivity contribution in [1.29, 1.82) is 0 Å². The van der Waals surface area contributed by atoms with Crippen molar-refractivity contribution >= 4 is 17.4 Å². The van der Waals surface area contributed by atoms with E-state index < -0.39 is 5.69 Å². The number of nitrogens with two attached hydrogens (primary N) is 1. The summed E-state index contributed by atoms with van der Waals surface area (Å²) >= 11 is 5.95. The summed E-state index contributed by atoms with van der Waals surface area (Å²) in [7, 11) is 0. The fourth-order valence-electron chi connectivity index (χ4n) is 2.14. The van der Waals surface area contributed by atoms with Gasteiger partial charge in [0.25, 0.3) is 5.56 Å². The number of nitrogen functional groups attached to an aromatic ring is 1. The smallest absolute Gasteiger partial charge is 0.310 e. The minimum Gasteiger partial charge on any atom is -0.310 e. The fraction of sp³-hybridized carbons (Fsp3) is 0.286. The molecule has 0 amide bonds. The van der Waals surface area contributed by atoms with Crippen LogP contribution in [0.25, 0.3) is 0 Å². The van der Waals surface area contributed by atoms with Crippen LogP contribution in [0.2, 0.25) is 5.02 Å². The van der Waals surface area contributed by atoms with Crippen molar-refractivity contribution in [3.05, 3.63) is 61.8 Å². The molecule has 0 aliphatic rings. The lowest BCUT2D eigenvalue weighted by Gasteiger charge is -2.14. The molecule has 1 heterocycles. The van der Waals surface area contributed by atoms with Crippen LogP contribution in [-0.4, -0.2) is 9.13 Å². The highest BCUT2D eigenvalue weighted by Gasteiger charge is 2.11. The third-order valence-electron chi connectivity index (χ3n) is 3.10. The molecule has 112 valence electrons. The van der Waals surface area contributed by atoms with Gasteiger partial charge in [0.05, 0.1) is 6.54 Å². The van der Waals surface area contributed by atoms with Gasteiger partial charge in [-0.3, -0.25) is 13.9 Å². The molecule has 0 unspecified atom stereocenters. The molecule has 2 aromatic rings. The Morgan fingerprint density at radius 1 is 1.24 bits per heavy atom. The zero-order chi connectivity index (χ0) is 15.4. The predicted molar refractivity (Wildman–Crippen MR) is 83.6 cm³/mol. The van der Waals surface area contributed by atoms with Gasteiger partial charge in [-0.2, -0.15) is 0 Å². The van der Waals surface area contributed by atoms with Gasteiger partial charge in [0.15, 0.2) is 0 Å². The molecule has 3 N–H and O–H groups in total. The molecule has 6 nitrogen and oxygen atoms in total. The number of nitrogens with one attached hydrogen (secondary N) is 1. The van der Waals surface area contributed by atoms with E-state index in [4.69, 9.17) is 17.4 Å². The van der Waals surface area contributed by atoms with E-state index in [1.54, 1.807) is 18.2 Å². The van der Waals surface area contributed by atoms with Crippen LogP contribution in [0.5, 0.6) is 0 Å². The monoisotopic (exact) mass is 308 g/mol. The van der Waals surface area contributed by atoms with Gasteiger partial charge in [0.1, 0.15) is 5.82 Å². The van der Waals surface area contributed by atoms with Crippen LogP contribution in [-0.2, 0) is 13.1 Å². The molecule has 21 heavy (non-hydrogen) atoms. The van der Waals surface area contributed by atoms with Crippen molar-refractivity contribution in [2.45, 2.75) is 26.4 Å². The summed E-state index contributed by atoms with van der Waals surface area (Å²) < 4.78 is 2.62. The van der Waals surface area contributed by atoms with E-state index in [0.717, 1.165) is 5.56 Å². The van der Waals surface area contributed by atoms with Gasteiger partial charge in [0, 0.05) is 17.6 Å². The summed E-state index contributed by atoms with van der Waals surface area (Å²) in [5.74, 6) is 5.69. The minimum atomic E-state index is -0.391. The molecule has 2 rings (SSSR count). The van der Waals surface area contributed by atoms with E-state index in [9.17, 15) is 9.59 Å². The molecule has 1 aromatic carbocycles. The summed E-state index contributed by atoms with van der Waals surface area (Å²) in [5, 5.41) is 0.588. The van der Waals surface area contributed by atoms with Gasteiger partial charge < -0.3 is 5.43 Å². The molecule has 0 saturated carbocycles. The largest absolute Gasteiger partial charge is 0.332 e. The number of halogens is 1. The van der Waals surface area contributed by atoms with Crippen LogP contribution in [0.3, 0.4) is 0 Å². The normalized spacial score (nSPS) is 10.6. The highest BCUT2D eigenvalue weighted by molar-refractivity contribution is 6.30. The predicted octanol–water partition coefficient (Wildman–Crippen LogP) is 1.41. The highest BCUT2D eigenvalue weighted by atomic mass is 35.5. The zero-order valence-corrected chi connectivity index (χ0v) is 12.4. The summed E-state index contributed by atoms with van der Waals surface area (Å²) in [4.78, 5) is 24.3. The summed E-state index contributed by atoms with van der Waals surface area (Å²) in [6.45, 7) is 2.56. The van der Waals surface area contributed by atoms with Gasteiger partial charge >= 0.3 is 5.69 Å². The van der Waals surface area contributed by atoms with Gasteiger partial charge in [0.2, 0.25) is 0 Å². The molecule has 1 aromatic heterocycles. The van der Waals surface area contributed by atoms with E-state index in [1.807, 2.05) is 13.0 Å². The molecule has 0 aliphatic carbocycles. The van der Waals surface area contributed by atoms with Crippen LogP contribution < -0.4 is 22.5 Å².